The van der Waals surface area contributed by atoms with Crippen molar-refractivity contribution in [2.45, 2.75) is 44.4 Å². The molecule has 1 atom stereocenters. The van der Waals surface area contributed by atoms with Gasteiger partial charge in [-0.1, -0.05) is 12.8 Å². The van der Waals surface area contributed by atoms with E-state index in [4.69, 9.17) is 0 Å². The highest BCUT2D eigenvalue weighted by atomic mass is 16.2. The Labute approximate surface area is 119 Å². The summed E-state index contributed by atoms with van der Waals surface area (Å²) in [6.07, 6.45) is 7.28. The van der Waals surface area contributed by atoms with Crippen LogP contribution in [0.15, 0.2) is 12.3 Å². The molecule has 1 amide bonds. The lowest BCUT2D eigenvalue weighted by molar-refractivity contribution is -0.140. The van der Waals surface area contributed by atoms with Gasteiger partial charge in [-0.05, 0) is 31.7 Å². The predicted molar refractivity (Wildman–Crippen MR) is 73.7 cm³/mol. The Morgan fingerprint density at radius 2 is 2.25 bits per heavy atom. The minimum Gasteiger partial charge on any atom is -0.341 e. The summed E-state index contributed by atoms with van der Waals surface area (Å²) in [4.78, 5) is 14.7. The van der Waals surface area contributed by atoms with Crippen molar-refractivity contribution < 1.29 is 4.79 Å². The van der Waals surface area contributed by atoms with E-state index in [1.165, 1.54) is 0 Å². The van der Waals surface area contributed by atoms with Crippen LogP contribution in [0.25, 0.3) is 0 Å². The minimum absolute atomic E-state index is 0.0571. The summed E-state index contributed by atoms with van der Waals surface area (Å²) >= 11 is 0. The van der Waals surface area contributed by atoms with Crippen LogP contribution in [0.2, 0.25) is 0 Å². The summed E-state index contributed by atoms with van der Waals surface area (Å²) < 4.78 is 0. The Hall–Kier alpha value is -1.83. The number of likely N-dealkylation sites (tertiary alicyclic amines) is 1. The Balaban J connectivity index is 1.74. The first kappa shape index (κ1) is 13.2. The van der Waals surface area contributed by atoms with E-state index in [0.717, 1.165) is 50.8 Å². The lowest BCUT2D eigenvalue weighted by Gasteiger charge is -2.36. The van der Waals surface area contributed by atoms with E-state index >= 15 is 0 Å². The summed E-state index contributed by atoms with van der Waals surface area (Å²) in [6, 6.07) is 4.29. The van der Waals surface area contributed by atoms with Gasteiger partial charge in [0.2, 0.25) is 5.91 Å². The van der Waals surface area contributed by atoms with E-state index in [1.807, 2.05) is 11.0 Å². The molecule has 2 aliphatic rings. The fourth-order valence-corrected chi connectivity index (χ4v) is 3.56. The number of carbonyl (C=O) groups is 1. The molecule has 1 aromatic rings. The summed E-state index contributed by atoms with van der Waals surface area (Å²) in [5.41, 5.74) is 0.357. The van der Waals surface area contributed by atoms with Crippen molar-refractivity contribution in [2.75, 3.05) is 13.1 Å². The third-order valence-electron chi connectivity index (χ3n) is 4.75. The second-order valence-electron chi connectivity index (χ2n) is 6.00. The zero-order valence-corrected chi connectivity index (χ0v) is 11.6. The van der Waals surface area contributed by atoms with Gasteiger partial charge < -0.3 is 4.90 Å². The molecular formula is C15H20N4O. The van der Waals surface area contributed by atoms with Gasteiger partial charge in [-0.2, -0.15) is 10.4 Å². The number of aromatic amines is 1. The number of nitrogens with one attached hydrogen (secondary N) is 1. The number of hydrogen-bond donors (Lipinski definition) is 1. The number of piperidine rings is 1. The van der Waals surface area contributed by atoms with E-state index in [0.29, 0.717) is 12.5 Å². The molecule has 2 fully saturated rings. The molecule has 3 rings (SSSR count). The van der Waals surface area contributed by atoms with Crippen molar-refractivity contribution in [1.82, 2.24) is 15.1 Å². The molecule has 1 saturated carbocycles. The van der Waals surface area contributed by atoms with Crippen LogP contribution in [0.5, 0.6) is 0 Å². The molecule has 20 heavy (non-hydrogen) atoms. The Morgan fingerprint density at radius 1 is 1.45 bits per heavy atom. The standard InChI is InChI=1S/C15H20N4O/c16-11-15(6-1-2-7-15)14(20)19-9-3-4-12(10-19)13-5-8-17-18-13/h5,8,12H,1-4,6-7,9-10H2,(H,17,18)/t12-/m1/s1. The Morgan fingerprint density at radius 3 is 2.90 bits per heavy atom. The normalized spacial score (nSPS) is 25.4. The minimum atomic E-state index is -0.740. The maximum atomic E-state index is 12.7. The van der Waals surface area contributed by atoms with Crippen molar-refractivity contribution >= 4 is 5.91 Å². The Kier molecular flexibility index (Phi) is 3.47. The number of hydrogen-bond acceptors (Lipinski definition) is 3. The summed E-state index contributed by atoms with van der Waals surface area (Å²) in [6.45, 7) is 1.50. The lowest BCUT2D eigenvalue weighted by Crippen LogP contribution is -2.46. The molecule has 0 aromatic carbocycles. The van der Waals surface area contributed by atoms with Crippen LogP contribution in [0.1, 0.15) is 50.1 Å². The van der Waals surface area contributed by atoms with Crippen LogP contribution in [-0.4, -0.2) is 34.1 Å². The van der Waals surface area contributed by atoms with Crippen LogP contribution in [-0.2, 0) is 4.79 Å². The summed E-state index contributed by atoms with van der Waals surface area (Å²) in [5.74, 6) is 0.383. The Bertz CT molecular complexity index is 510. The molecule has 1 N–H and O–H groups in total. The molecule has 0 spiro atoms. The van der Waals surface area contributed by atoms with Crippen molar-refractivity contribution in [1.29, 1.82) is 5.26 Å². The van der Waals surface area contributed by atoms with Crippen molar-refractivity contribution in [3.05, 3.63) is 18.0 Å². The third kappa shape index (κ3) is 2.20. The maximum absolute atomic E-state index is 12.7. The third-order valence-corrected chi connectivity index (χ3v) is 4.75. The van der Waals surface area contributed by atoms with E-state index in [1.54, 1.807) is 6.20 Å². The lowest BCUT2D eigenvalue weighted by atomic mass is 9.84. The number of nitriles is 1. The average molecular weight is 272 g/mol. The topological polar surface area (TPSA) is 72.8 Å². The molecule has 0 bridgehead atoms. The van der Waals surface area contributed by atoms with Gasteiger partial charge in [0.15, 0.2) is 0 Å². The largest absolute Gasteiger partial charge is 0.341 e. The fourth-order valence-electron chi connectivity index (χ4n) is 3.56. The second-order valence-corrected chi connectivity index (χ2v) is 6.00. The molecule has 1 aliphatic heterocycles. The quantitative estimate of drug-likeness (QED) is 0.897. The predicted octanol–water partition coefficient (Wildman–Crippen LogP) is 2.20. The molecule has 5 nitrogen and oxygen atoms in total. The van der Waals surface area contributed by atoms with Crippen LogP contribution in [0.3, 0.4) is 0 Å². The first-order valence-corrected chi connectivity index (χ1v) is 7.45. The van der Waals surface area contributed by atoms with Gasteiger partial charge >= 0.3 is 0 Å². The molecular weight excluding hydrogens is 252 g/mol. The number of carbonyl (C=O) groups excluding carboxylic acids is 1. The molecule has 2 heterocycles. The van der Waals surface area contributed by atoms with Crippen LogP contribution in [0, 0.1) is 16.7 Å². The zero-order valence-electron chi connectivity index (χ0n) is 11.6. The van der Waals surface area contributed by atoms with Gasteiger partial charge in [-0.15, -0.1) is 0 Å². The van der Waals surface area contributed by atoms with E-state index in [-0.39, 0.29) is 5.91 Å². The van der Waals surface area contributed by atoms with Gasteiger partial charge in [0.1, 0.15) is 5.41 Å². The van der Waals surface area contributed by atoms with Crippen LogP contribution < -0.4 is 0 Å². The van der Waals surface area contributed by atoms with Crippen LogP contribution in [0.4, 0.5) is 0 Å². The van der Waals surface area contributed by atoms with E-state index < -0.39 is 5.41 Å². The van der Waals surface area contributed by atoms with Gasteiger partial charge in [-0.25, -0.2) is 0 Å². The van der Waals surface area contributed by atoms with Crippen molar-refractivity contribution in [2.24, 2.45) is 5.41 Å². The summed E-state index contributed by atoms with van der Waals surface area (Å²) in [7, 11) is 0. The molecule has 5 heteroatoms. The SMILES string of the molecule is N#CC1(C(=O)N2CCC[C@@H](c3ccn[nH]3)C2)CCCC1. The van der Waals surface area contributed by atoms with Crippen molar-refractivity contribution in [3.8, 4) is 6.07 Å². The monoisotopic (exact) mass is 272 g/mol. The van der Waals surface area contributed by atoms with Gasteiger partial charge in [0, 0.05) is 30.9 Å². The van der Waals surface area contributed by atoms with Crippen molar-refractivity contribution in [3.63, 3.8) is 0 Å². The number of aromatic nitrogens is 2. The highest BCUT2D eigenvalue weighted by Gasteiger charge is 2.44. The number of amides is 1. The molecule has 1 aromatic heterocycles. The smallest absolute Gasteiger partial charge is 0.243 e. The average Bonchev–Trinajstić information content (AvgIpc) is 3.18. The van der Waals surface area contributed by atoms with E-state index in [2.05, 4.69) is 16.3 Å². The first-order valence-electron chi connectivity index (χ1n) is 7.45. The van der Waals surface area contributed by atoms with Gasteiger partial charge in [0.25, 0.3) is 0 Å². The molecule has 106 valence electrons. The molecule has 0 radical (unpaired) electrons. The fraction of sp³-hybridized carbons (Fsp3) is 0.667. The second kappa shape index (κ2) is 5.28. The first-order chi connectivity index (χ1) is 9.75. The number of rotatable bonds is 2. The highest BCUT2D eigenvalue weighted by molar-refractivity contribution is 5.86. The molecule has 0 unspecified atom stereocenters. The number of nitrogens with zero attached hydrogens (tertiary/aromatic N) is 3. The summed E-state index contributed by atoms with van der Waals surface area (Å²) in [5, 5.41) is 16.5. The van der Waals surface area contributed by atoms with E-state index in [9.17, 15) is 10.1 Å². The zero-order chi connectivity index (χ0) is 14.0. The number of H-pyrrole nitrogens is 1. The van der Waals surface area contributed by atoms with Gasteiger partial charge in [-0.3, -0.25) is 9.89 Å². The van der Waals surface area contributed by atoms with Crippen LogP contribution >= 0.6 is 0 Å². The maximum Gasteiger partial charge on any atom is 0.243 e. The molecule has 1 aliphatic carbocycles. The molecule has 1 saturated heterocycles. The highest BCUT2D eigenvalue weighted by Crippen LogP contribution is 2.40. The van der Waals surface area contributed by atoms with Gasteiger partial charge in [0.05, 0.1) is 6.07 Å².